The van der Waals surface area contributed by atoms with Gasteiger partial charge in [0.1, 0.15) is 0 Å². The summed E-state index contributed by atoms with van der Waals surface area (Å²) in [7, 11) is 0. The molecule has 0 bridgehead atoms. The Labute approximate surface area is 211 Å². The van der Waals surface area contributed by atoms with Gasteiger partial charge in [-0.1, -0.05) is 116 Å². The van der Waals surface area contributed by atoms with Crippen LogP contribution in [-0.2, 0) is 0 Å². The highest BCUT2D eigenvalue weighted by atomic mass is 32.2. The minimum atomic E-state index is 1.02. The molecule has 0 aliphatic rings. The van der Waals surface area contributed by atoms with Gasteiger partial charge in [-0.05, 0) is 19.8 Å². The first-order valence-corrected chi connectivity index (χ1v) is 14.2. The summed E-state index contributed by atoms with van der Waals surface area (Å²) in [5.74, 6) is 2.26. The summed E-state index contributed by atoms with van der Waals surface area (Å²) >= 11 is 3.68. The Morgan fingerprint density at radius 1 is 0.647 bits per heavy atom. The van der Waals surface area contributed by atoms with Crippen LogP contribution in [0.2, 0.25) is 0 Å². The van der Waals surface area contributed by atoms with Crippen LogP contribution in [0.3, 0.4) is 0 Å². The van der Waals surface area contributed by atoms with Gasteiger partial charge < -0.3 is 9.97 Å². The third kappa shape index (κ3) is 7.54. The first-order chi connectivity index (χ1) is 16.8. The molecule has 4 nitrogen and oxygen atoms in total. The summed E-state index contributed by atoms with van der Waals surface area (Å²) in [6, 6.07) is 21.0. The summed E-state index contributed by atoms with van der Waals surface area (Å²) in [6.45, 7) is 2.03. The number of unbranched alkanes of at least 4 members (excludes halogenated alkanes) is 6. The predicted molar refractivity (Wildman–Crippen MR) is 147 cm³/mol. The number of H-pyrrole nitrogens is 2. The van der Waals surface area contributed by atoms with Crippen LogP contribution in [0.15, 0.2) is 77.2 Å². The molecule has 0 atom stereocenters. The molecule has 34 heavy (non-hydrogen) atoms. The molecule has 0 saturated carbocycles. The Morgan fingerprint density at radius 2 is 1.21 bits per heavy atom. The van der Waals surface area contributed by atoms with Gasteiger partial charge in [0, 0.05) is 28.8 Å². The summed E-state index contributed by atoms with van der Waals surface area (Å²) in [5, 5.41) is 2.07. The van der Waals surface area contributed by atoms with E-state index in [1.807, 2.05) is 36.6 Å². The molecule has 0 spiro atoms. The largest absolute Gasteiger partial charge is 0.339 e. The molecular weight excluding hydrogens is 456 g/mol. The average Bonchev–Trinajstić information content (AvgIpc) is 3.50. The molecule has 2 aromatic heterocycles. The number of hydrogen-bond acceptors (Lipinski definition) is 4. The lowest BCUT2D eigenvalue weighted by molar-refractivity contribution is 0.605. The lowest BCUT2D eigenvalue weighted by Crippen LogP contribution is -1.86. The Kier molecular flexibility index (Phi) is 9.76. The van der Waals surface area contributed by atoms with E-state index in [4.69, 9.17) is 4.98 Å². The Balaban J connectivity index is 1.14. The van der Waals surface area contributed by atoms with Crippen LogP contribution < -0.4 is 0 Å². The number of aryl methyl sites for hydroxylation is 1. The van der Waals surface area contributed by atoms with Crippen molar-refractivity contribution in [3.63, 3.8) is 0 Å². The summed E-state index contributed by atoms with van der Waals surface area (Å²) in [4.78, 5) is 16.2. The zero-order valence-electron chi connectivity index (χ0n) is 19.9. The maximum Gasteiger partial charge on any atom is 0.166 e. The fourth-order valence-electron chi connectivity index (χ4n) is 3.93. The lowest BCUT2D eigenvalue weighted by Gasteiger charge is -2.02. The summed E-state index contributed by atoms with van der Waals surface area (Å²) < 4.78 is 0. The fraction of sp³-hybridized carbons (Fsp3) is 0.357. The normalized spacial score (nSPS) is 11.2. The monoisotopic (exact) mass is 490 g/mol. The number of aromatic nitrogens is 4. The van der Waals surface area contributed by atoms with Gasteiger partial charge >= 0.3 is 0 Å². The molecule has 2 heterocycles. The van der Waals surface area contributed by atoms with Crippen LogP contribution in [0.4, 0.5) is 0 Å². The molecule has 0 fully saturated rings. The molecule has 0 aliphatic carbocycles. The minimum Gasteiger partial charge on any atom is -0.339 e. The summed E-state index contributed by atoms with van der Waals surface area (Å²) in [6.07, 6.45) is 11.1. The highest BCUT2D eigenvalue weighted by Gasteiger charge is 2.14. The Bertz CT molecular complexity index is 1050. The van der Waals surface area contributed by atoms with Crippen molar-refractivity contribution in [2.75, 3.05) is 11.5 Å². The molecule has 0 saturated heterocycles. The van der Waals surface area contributed by atoms with Crippen molar-refractivity contribution in [2.45, 2.75) is 62.2 Å². The molecule has 4 rings (SSSR count). The smallest absolute Gasteiger partial charge is 0.166 e. The van der Waals surface area contributed by atoms with E-state index in [-0.39, 0.29) is 0 Å². The lowest BCUT2D eigenvalue weighted by atomic mass is 10.1. The van der Waals surface area contributed by atoms with Crippen molar-refractivity contribution in [1.29, 1.82) is 0 Å². The van der Waals surface area contributed by atoms with Gasteiger partial charge in [0.05, 0.1) is 17.1 Å². The SMILES string of the molecule is Cc1c[nH]c(SCCCCCCCCCSc2nc(-c3ccccc3)c(-c3ccccc3)[nH]2)n1. The van der Waals surface area contributed by atoms with Crippen LogP contribution in [0.1, 0.15) is 50.6 Å². The molecule has 2 N–H and O–H groups in total. The number of imidazole rings is 2. The number of aromatic amines is 2. The zero-order valence-corrected chi connectivity index (χ0v) is 21.6. The van der Waals surface area contributed by atoms with Gasteiger partial charge in [-0.3, -0.25) is 0 Å². The first kappa shape index (κ1) is 24.7. The first-order valence-electron chi connectivity index (χ1n) is 12.3. The van der Waals surface area contributed by atoms with E-state index in [9.17, 15) is 0 Å². The molecule has 6 heteroatoms. The Hall–Kier alpha value is -2.44. The minimum absolute atomic E-state index is 1.02. The van der Waals surface area contributed by atoms with Gasteiger partial charge in [0.15, 0.2) is 10.3 Å². The van der Waals surface area contributed by atoms with Gasteiger partial charge in [0.2, 0.25) is 0 Å². The van der Waals surface area contributed by atoms with Gasteiger partial charge in [-0.15, -0.1) is 0 Å². The zero-order chi connectivity index (χ0) is 23.4. The van der Waals surface area contributed by atoms with E-state index in [0.717, 1.165) is 44.5 Å². The van der Waals surface area contributed by atoms with Gasteiger partial charge in [-0.2, -0.15) is 0 Å². The standard InChI is InChI=1S/C28H34N4S2/c1-22-21-29-27(30-22)33-19-13-5-3-2-4-6-14-20-34-28-31-25(23-15-9-7-10-16-23)26(32-28)24-17-11-8-12-18-24/h7-12,15-18,21H,2-6,13-14,19-20H2,1H3,(H,29,30)(H,31,32). The maximum atomic E-state index is 4.95. The average molecular weight is 491 g/mol. The van der Waals surface area contributed by atoms with E-state index in [1.165, 1.54) is 50.5 Å². The topological polar surface area (TPSA) is 57.4 Å². The molecule has 178 valence electrons. The van der Waals surface area contributed by atoms with Crippen LogP contribution in [-0.4, -0.2) is 31.4 Å². The maximum absolute atomic E-state index is 4.95. The third-order valence-corrected chi connectivity index (χ3v) is 7.68. The van der Waals surface area contributed by atoms with Crippen molar-refractivity contribution in [1.82, 2.24) is 19.9 Å². The van der Waals surface area contributed by atoms with E-state index in [2.05, 4.69) is 75.6 Å². The van der Waals surface area contributed by atoms with Crippen molar-refractivity contribution in [3.05, 3.63) is 72.6 Å². The Morgan fingerprint density at radius 3 is 1.79 bits per heavy atom. The van der Waals surface area contributed by atoms with Gasteiger partial charge in [-0.25, -0.2) is 9.97 Å². The third-order valence-electron chi connectivity index (χ3n) is 5.74. The molecule has 0 aliphatic heterocycles. The van der Waals surface area contributed by atoms with Crippen LogP contribution in [0, 0.1) is 6.92 Å². The van der Waals surface area contributed by atoms with Crippen molar-refractivity contribution >= 4 is 23.5 Å². The highest BCUT2D eigenvalue weighted by Crippen LogP contribution is 2.32. The summed E-state index contributed by atoms with van der Waals surface area (Å²) in [5.41, 5.74) is 5.55. The molecule has 0 radical (unpaired) electrons. The van der Waals surface area contributed by atoms with Crippen molar-refractivity contribution < 1.29 is 0 Å². The van der Waals surface area contributed by atoms with E-state index in [0.29, 0.717) is 0 Å². The molecule has 0 amide bonds. The van der Waals surface area contributed by atoms with Crippen molar-refractivity contribution in [3.8, 4) is 22.5 Å². The second-order valence-electron chi connectivity index (χ2n) is 8.52. The van der Waals surface area contributed by atoms with E-state index in [1.54, 1.807) is 0 Å². The number of nitrogens with one attached hydrogen (secondary N) is 2. The molecule has 4 aromatic rings. The number of nitrogens with zero attached hydrogens (tertiary/aromatic N) is 2. The van der Waals surface area contributed by atoms with Gasteiger partial charge in [0.25, 0.3) is 0 Å². The van der Waals surface area contributed by atoms with E-state index >= 15 is 0 Å². The number of thioether (sulfide) groups is 2. The molecular formula is C28H34N4S2. The number of hydrogen-bond donors (Lipinski definition) is 2. The van der Waals surface area contributed by atoms with Crippen LogP contribution >= 0.6 is 23.5 Å². The second-order valence-corrected chi connectivity index (χ2v) is 10.7. The number of rotatable bonds is 14. The number of benzene rings is 2. The fourth-order valence-corrected chi connectivity index (χ4v) is 5.69. The van der Waals surface area contributed by atoms with Crippen LogP contribution in [0.5, 0.6) is 0 Å². The quantitative estimate of drug-likeness (QED) is 0.138. The second kappa shape index (κ2) is 13.4. The van der Waals surface area contributed by atoms with Crippen molar-refractivity contribution in [2.24, 2.45) is 0 Å². The predicted octanol–water partition coefficient (Wildman–Crippen LogP) is 8.39. The molecule has 2 aromatic carbocycles. The van der Waals surface area contributed by atoms with Crippen LogP contribution in [0.25, 0.3) is 22.5 Å². The van der Waals surface area contributed by atoms with E-state index < -0.39 is 0 Å². The highest BCUT2D eigenvalue weighted by molar-refractivity contribution is 7.99. The molecule has 0 unspecified atom stereocenters.